The van der Waals surface area contributed by atoms with E-state index in [4.69, 9.17) is 5.73 Å². The molecule has 1 aliphatic rings. The van der Waals surface area contributed by atoms with Crippen LogP contribution < -0.4 is 11.1 Å². The van der Waals surface area contributed by atoms with E-state index >= 15 is 0 Å². The molecule has 1 rings (SSSR count). The van der Waals surface area contributed by atoms with Gasteiger partial charge in [-0.15, -0.1) is 0 Å². The van der Waals surface area contributed by atoms with Gasteiger partial charge in [-0.2, -0.15) is 0 Å². The minimum Gasteiger partial charge on any atom is -0.374 e. The Hall–Kier alpha value is -0.570. The Balaban J connectivity index is 2.32. The van der Waals surface area contributed by atoms with E-state index < -0.39 is 0 Å². The topological polar surface area (TPSA) is 50.4 Å². The van der Waals surface area contributed by atoms with Crippen molar-refractivity contribution in [1.29, 1.82) is 0 Å². The Morgan fingerprint density at radius 2 is 2.38 bits per heavy atom. The van der Waals surface area contributed by atoms with Crippen molar-refractivity contribution in [2.45, 2.75) is 57.7 Å². The predicted octanol–water partition coefficient (Wildman–Crippen LogP) is 1.28. The highest BCUT2D eigenvalue weighted by Gasteiger charge is 2.18. The number of rotatable bonds is 4. The summed E-state index contributed by atoms with van der Waals surface area (Å²) in [5.41, 5.74) is 5.91. The maximum atomic E-state index is 5.91. The second-order valence-electron chi connectivity index (χ2n) is 3.84. The average molecular weight is 183 g/mol. The van der Waals surface area contributed by atoms with Crippen molar-refractivity contribution in [2.75, 3.05) is 0 Å². The summed E-state index contributed by atoms with van der Waals surface area (Å²) in [6.45, 7) is 4.32. The van der Waals surface area contributed by atoms with Crippen LogP contribution in [0.5, 0.6) is 0 Å². The second-order valence-corrected chi connectivity index (χ2v) is 3.84. The molecule has 0 aromatic rings. The van der Waals surface area contributed by atoms with Crippen LogP contribution in [-0.4, -0.2) is 24.5 Å². The first-order valence-corrected chi connectivity index (χ1v) is 5.29. The molecule has 3 atom stereocenters. The van der Waals surface area contributed by atoms with Gasteiger partial charge >= 0.3 is 0 Å². The number of hydrogen-bond acceptors (Lipinski definition) is 3. The number of hydrogen-bond donors (Lipinski definition) is 2. The highest BCUT2D eigenvalue weighted by molar-refractivity contribution is 5.56. The average Bonchev–Trinajstić information content (AvgIpc) is 2.18. The van der Waals surface area contributed by atoms with E-state index in [0.29, 0.717) is 18.1 Å². The van der Waals surface area contributed by atoms with Crippen molar-refractivity contribution < 1.29 is 0 Å². The summed E-state index contributed by atoms with van der Waals surface area (Å²) >= 11 is 0. The monoisotopic (exact) mass is 183 g/mol. The molecule has 0 fully saturated rings. The van der Waals surface area contributed by atoms with Crippen LogP contribution in [0.15, 0.2) is 4.99 Å². The van der Waals surface area contributed by atoms with E-state index in [2.05, 4.69) is 24.2 Å². The van der Waals surface area contributed by atoms with Crippen LogP contribution >= 0.6 is 0 Å². The lowest BCUT2D eigenvalue weighted by Crippen LogP contribution is -2.40. The van der Waals surface area contributed by atoms with E-state index in [1.54, 1.807) is 0 Å². The van der Waals surface area contributed by atoms with Crippen LogP contribution in [-0.2, 0) is 0 Å². The van der Waals surface area contributed by atoms with Gasteiger partial charge in [0.25, 0.3) is 0 Å². The predicted molar refractivity (Wildman–Crippen MR) is 57.0 cm³/mol. The van der Waals surface area contributed by atoms with Crippen LogP contribution in [0.2, 0.25) is 0 Å². The minimum atomic E-state index is 0.335. The molecule has 13 heavy (non-hydrogen) atoms. The lowest BCUT2D eigenvalue weighted by molar-refractivity contribution is 0.406. The maximum Gasteiger partial charge on any atom is 0.0829 e. The molecule has 3 unspecified atom stereocenters. The minimum absolute atomic E-state index is 0.335. The zero-order valence-electron chi connectivity index (χ0n) is 8.66. The smallest absolute Gasteiger partial charge is 0.0829 e. The molecule has 1 heterocycles. The van der Waals surface area contributed by atoms with E-state index in [-0.39, 0.29) is 0 Å². The summed E-state index contributed by atoms with van der Waals surface area (Å²) in [6.07, 6.45) is 6.26. The number of nitrogens with one attached hydrogen (secondary N) is 1. The normalized spacial score (nSPS) is 29.8. The Labute approximate surface area is 80.8 Å². The SMILES string of the molecule is CCC(N)CC1CC(CC)N=CN1. The molecule has 3 N–H and O–H groups in total. The summed E-state index contributed by atoms with van der Waals surface area (Å²) in [6, 6.07) is 1.38. The van der Waals surface area contributed by atoms with E-state index in [1.807, 2.05) is 6.34 Å². The summed E-state index contributed by atoms with van der Waals surface area (Å²) in [5, 5.41) is 3.28. The highest BCUT2D eigenvalue weighted by atomic mass is 15.0. The fourth-order valence-electron chi connectivity index (χ4n) is 1.68. The molecule has 0 bridgehead atoms. The Morgan fingerprint density at radius 1 is 1.62 bits per heavy atom. The second kappa shape index (κ2) is 5.22. The van der Waals surface area contributed by atoms with Crippen molar-refractivity contribution >= 4 is 6.34 Å². The van der Waals surface area contributed by atoms with Gasteiger partial charge in [0.1, 0.15) is 0 Å². The molecular formula is C10H21N3. The van der Waals surface area contributed by atoms with E-state index in [9.17, 15) is 0 Å². The fourth-order valence-corrected chi connectivity index (χ4v) is 1.68. The zero-order chi connectivity index (χ0) is 9.68. The number of nitrogens with zero attached hydrogens (tertiary/aromatic N) is 1. The van der Waals surface area contributed by atoms with Gasteiger partial charge in [0.2, 0.25) is 0 Å². The third-order valence-electron chi connectivity index (χ3n) is 2.74. The van der Waals surface area contributed by atoms with Crippen LogP contribution in [0.25, 0.3) is 0 Å². The van der Waals surface area contributed by atoms with Crippen LogP contribution in [0, 0.1) is 0 Å². The molecule has 0 aromatic heterocycles. The molecule has 0 aromatic carbocycles. The molecule has 0 aliphatic carbocycles. The summed E-state index contributed by atoms with van der Waals surface area (Å²) in [4.78, 5) is 4.35. The Morgan fingerprint density at radius 3 is 3.00 bits per heavy atom. The summed E-state index contributed by atoms with van der Waals surface area (Å²) in [7, 11) is 0. The molecule has 3 heteroatoms. The number of aliphatic imine (C=N–C) groups is 1. The van der Waals surface area contributed by atoms with Gasteiger partial charge in [0, 0.05) is 12.1 Å². The van der Waals surface area contributed by atoms with Gasteiger partial charge in [-0.1, -0.05) is 13.8 Å². The lowest BCUT2D eigenvalue weighted by atomic mass is 9.97. The van der Waals surface area contributed by atoms with Crippen molar-refractivity contribution in [3.63, 3.8) is 0 Å². The van der Waals surface area contributed by atoms with Gasteiger partial charge in [0.05, 0.1) is 12.4 Å². The van der Waals surface area contributed by atoms with Crippen LogP contribution in [0.4, 0.5) is 0 Å². The standard InChI is InChI=1S/C10H21N3/c1-3-8(11)5-10-6-9(4-2)12-7-13-10/h7-10H,3-6,11H2,1-2H3,(H,12,13). The molecular weight excluding hydrogens is 162 g/mol. The quantitative estimate of drug-likeness (QED) is 0.690. The first-order chi connectivity index (χ1) is 6.26. The summed E-state index contributed by atoms with van der Waals surface area (Å²) in [5.74, 6) is 0. The van der Waals surface area contributed by atoms with Crippen molar-refractivity contribution in [3.05, 3.63) is 0 Å². The zero-order valence-corrected chi connectivity index (χ0v) is 8.66. The lowest BCUT2D eigenvalue weighted by Gasteiger charge is -2.26. The molecule has 0 saturated heterocycles. The number of nitrogens with two attached hydrogens (primary N) is 1. The molecule has 1 aliphatic heterocycles. The largest absolute Gasteiger partial charge is 0.374 e. The molecule has 3 nitrogen and oxygen atoms in total. The van der Waals surface area contributed by atoms with E-state index in [0.717, 1.165) is 25.7 Å². The molecule has 0 spiro atoms. The van der Waals surface area contributed by atoms with Gasteiger partial charge < -0.3 is 11.1 Å². The van der Waals surface area contributed by atoms with Gasteiger partial charge in [-0.3, -0.25) is 4.99 Å². The summed E-state index contributed by atoms with van der Waals surface area (Å²) < 4.78 is 0. The third-order valence-corrected chi connectivity index (χ3v) is 2.74. The maximum absolute atomic E-state index is 5.91. The Kier molecular flexibility index (Phi) is 4.22. The first kappa shape index (κ1) is 10.5. The van der Waals surface area contributed by atoms with E-state index in [1.165, 1.54) is 0 Å². The van der Waals surface area contributed by atoms with Crippen LogP contribution in [0.3, 0.4) is 0 Å². The van der Waals surface area contributed by atoms with Gasteiger partial charge in [-0.05, 0) is 25.7 Å². The van der Waals surface area contributed by atoms with Crippen molar-refractivity contribution in [3.8, 4) is 0 Å². The van der Waals surface area contributed by atoms with Crippen LogP contribution in [0.1, 0.15) is 39.5 Å². The fraction of sp³-hybridized carbons (Fsp3) is 0.900. The molecule has 76 valence electrons. The highest BCUT2D eigenvalue weighted by Crippen LogP contribution is 2.13. The van der Waals surface area contributed by atoms with Crippen molar-refractivity contribution in [2.24, 2.45) is 10.7 Å². The molecule has 0 radical (unpaired) electrons. The van der Waals surface area contributed by atoms with Crippen molar-refractivity contribution in [1.82, 2.24) is 5.32 Å². The third kappa shape index (κ3) is 3.35. The molecule has 0 saturated carbocycles. The first-order valence-electron chi connectivity index (χ1n) is 5.29. The van der Waals surface area contributed by atoms with Gasteiger partial charge in [0.15, 0.2) is 0 Å². The molecule has 0 amide bonds. The Bertz CT molecular complexity index is 168. The van der Waals surface area contributed by atoms with Gasteiger partial charge in [-0.25, -0.2) is 0 Å².